The molecule has 8 heteroatoms. The highest BCUT2D eigenvalue weighted by Gasteiger charge is 2.39. The summed E-state index contributed by atoms with van der Waals surface area (Å²) in [5.74, 6) is -1.51. The van der Waals surface area contributed by atoms with Gasteiger partial charge in [0.15, 0.2) is 5.78 Å². The lowest BCUT2D eigenvalue weighted by molar-refractivity contribution is -0.384. The molecule has 1 fully saturated rings. The number of ether oxygens (including phenoxy) is 1. The Kier molecular flexibility index (Phi) is 10.6. The zero-order chi connectivity index (χ0) is 34.5. The van der Waals surface area contributed by atoms with Crippen LogP contribution >= 0.6 is 0 Å². The van der Waals surface area contributed by atoms with Gasteiger partial charge in [-0.25, -0.2) is 4.79 Å². The van der Waals surface area contributed by atoms with Crippen molar-refractivity contribution < 1.29 is 19.2 Å². The van der Waals surface area contributed by atoms with Crippen LogP contribution in [0.5, 0.6) is 0 Å². The first-order chi connectivity index (χ1) is 22.9. The van der Waals surface area contributed by atoms with Crippen molar-refractivity contribution in [2.75, 3.05) is 19.6 Å². The summed E-state index contributed by atoms with van der Waals surface area (Å²) in [4.78, 5) is 40.7. The fourth-order valence-electron chi connectivity index (χ4n) is 7.32. The molecule has 1 atom stereocenters. The van der Waals surface area contributed by atoms with E-state index in [2.05, 4.69) is 70.9 Å². The monoisotopic (exact) mass is 649 g/mol. The molecule has 252 valence electrons. The molecule has 8 nitrogen and oxygen atoms in total. The average molecular weight is 650 g/mol. The van der Waals surface area contributed by atoms with Crippen molar-refractivity contribution in [1.82, 2.24) is 10.2 Å². The van der Waals surface area contributed by atoms with Gasteiger partial charge < -0.3 is 15.0 Å². The number of rotatable bonds is 11. The van der Waals surface area contributed by atoms with Crippen molar-refractivity contribution in [2.24, 2.45) is 0 Å². The second kappa shape index (κ2) is 14.7. The smallest absolute Gasteiger partial charge is 0.337 e. The lowest BCUT2D eigenvalue weighted by Crippen LogP contribution is -2.43. The van der Waals surface area contributed by atoms with Gasteiger partial charge >= 0.3 is 5.97 Å². The fourth-order valence-corrected chi connectivity index (χ4v) is 7.32. The number of hydrogen-bond donors (Lipinski definition) is 1. The summed E-state index contributed by atoms with van der Waals surface area (Å²) >= 11 is 0. The predicted molar refractivity (Wildman–Crippen MR) is 188 cm³/mol. The lowest BCUT2D eigenvalue weighted by Gasteiger charge is -2.43. The predicted octanol–water partition coefficient (Wildman–Crippen LogP) is 7.99. The second-order valence-electron chi connectivity index (χ2n) is 14.0. The molecular weight excluding hydrogens is 602 g/mol. The number of nitrogens with one attached hydrogen (secondary N) is 1. The topological polar surface area (TPSA) is 102 Å². The van der Waals surface area contributed by atoms with Gasteiger partial charge in [-0.1, -0.05) is 72.8 Å². The van der Waals surface area contributed by atoms with Gasteiger partial charge in [-0.2, -0.15) is 0 Å². The van der Waals surface area contributed by atoms with Crippen LogP contribution in [0.25, 0.3) is 0 Å². The number of allylic oxidation sites excluding steroid dienone is 3. The van der Waals surface area contributed by atoms with E-state index in [9.17, 15) is 19.7 Å². The highest BCUT2D eigenvalue weighted by atomic mass is 16.6. The number of non-ortho nitro benzene ring substituents is 1. The van der Waals surface area contributed by atoms with Crippen LogP contribution in [0.2, 0.25) is 0 Å². The number of likely N-dealkylation sites (tertiary alicyclic amines) is 1. The molecule has 0 aromatic heterocycles. The van der Waals surface area contributed by atoms with Gasteiger partial charge in [0.05, 0.1) is 10.5 Å². The lowest BCUT2D eigenvalue weighted by atomic mass is 9.68. The van der Waals surface area contributed by atoms with Gasteiger partial charge in [0.25, 0.3) is 5.69 Å². The Bertz CT molecular complexity index is 1660. The number of esters is 1. The molecule has 2 aliphatic rings. The Morgan fingerprint density at radius 3 is 2.06 bits per heavy atom. The Hall–Kier alpha value is -4.56. The van der Waals surface area contributed by atoms with E-state index in [4.69, 9.17) is 4.74 Å². The largest absolute Gasteiger partial charge is 0.457 e. The molecule has 0 amide bonds. The van der Waals surface area contributed by atoms with Crippen molar-refractivity contribution in [3.8, 4) is 0 Å². The standard InChI is InChI=1S/C40H47N3O5/c1-28-35(38(45)48-39(3,4)5)37(30-15-14-20-33(27-30)43(46)47)36(29(2)44)34(41-28)21-12-13-24-42-25-22-40(23-26-42,31-16-8-6-9-17-31)32-18-10-7-11-19-32/h6-11,14-20,27,37,41H,12-13,21-26H2,1-5H3. The average Bonchev–Trinajstić information content (AvgIpc) is 3.06. The summed E-state index contributed by atoms with van der Waals surface area (Å²) in [5, 5.41) is 15.1. The highest BCUT2D eigenvalue weighted by Crippen LogP contribution is 2.43. The van der Waals surface area contributed by atoms with Crippen molar-refractivity contribution in [1.29, 1.82) is 0 Å². The van der Waals surface area contributed by atoms with E-state index in [0.29, 0.717) is 28.8 Å². The molecule has 2 aliphatic heterocycles. The Labute approximate surface area is 284 Å². The summed E-state index contributed by atoms with van der Waals surface area (Å²) in [6.07, 6.45) is 4.50. The maximum atomic E-state index is 13.6. The molecule has 0 radical (unpaired) electrons. The van der Waals surface area contributed by atoms with Crippen LogP contribution in [0.1, 0.15) is 89.3 Å². The third kappa shape index (κ3) is 7.76. The number of carbonyl (C=O) groups is 2. The molecule has 0 aliphatic carbocycles. The summed E-state index contributed by atoms with van der Waals surface area (Å²) < 4.78 is 5.77. The maximum absolute atomic E-state index is 13.6. The first-order valence-electron chi connectivity index (χ1n) is 16.9. The molecule has 1 saturated heterocycles. The summed E-state index contributed by atoms with van der Waals surface area (Å²) in [6.45, 7) is 11.6. The Balaban J connectivity index is 1.32. The van der Waals surface area contributed by atoms with Gasteiger partial charge in [-0.05, 0) is 103 Å². The number of nitrogens with zero attached hydrogens (tertiary/aromatic N) is 2. The second-order valence-corrected chi connectivity index (χ2v) is 14.0. The molecule has 0 bridgehead atoms. The van der Waals surface area contributed by atoms with Crippen molar-refractivity contribution in [3.05, 3.63) is 134 Å². The van der Waals surface area contributed by atoms with E-state index in [1.165, 1.54) is 30.2 Å². The molecule has 0 saturated carbocycles. The van der Waals surface area contributed by atoms with Gasteiger partial charge in [0.2, 0.25) is 0 Å². The molecule has 3 aromatic rings. The van der Waals surface area contributed by atoms with E-state index < -0.39 is 22.4 Å². The molecule has 1 unspecified atom stereocenters. The molecule has 1 N–H and O–H groups in total. The van der Waals surface area contributed by atoms with Crippen LogP contribution in [0.3, 0.4) is 0 Å². The molecule has 3 aromatic carbocycles. The van der Waals surface area contributed by atoms with Crippen molar-refractivity contribution in [3.63, 3.8) is 0 Å². The van der Waals surface area contributed by atoms with Crippen LogP contribution in [-0.2, 0) is 19.7 Å². The van der Waals surface area contributed by atoms with E-state index in [-0.39, 0.29) is 16.9 Å². The van der Waals surface area contributed by atoms with Crippen LogP contribution in [0.15, 0.2) is 107 Å². The Morgan fingerprint density at radius 1 is 0.917 bits per heavy atom. The quantitative estimate of drug-likeness (QED) is 0.0972. The first-order valence-corrected chi connectivity index (χ1v) is 16.9. The maximum Gasteiger partial charge on any atom is 0.337 e. The van der Waals surface area contributed by atoms with Crippen molar-refractivity contribution >= 4 is 17.4 Å². The van der Waals surface area contributed by atoms with Crippen LogP contribution in [0, 0.1) is 10.1 Å². The molecule has 2 heterocycles. The normalized spacial score (nSPS) is 18.3. The number of dihydropyridines is 1. The van der Waals surface area contributed by atoms with Gasteiger partial charge in [-0.15, -0.1) is 0 Å². The molecule has 5 rings (SSSR count). The molecule has 0 spiro atoms. The number of nitro groups is 1. The van der Waals surface area contributed by atoms with Gasteiger partial charge in [0, 0.05) is 40.4 Å². The summed E-state index contributed by atoms with van der Waals surface area (Å²) in [6, 6.07) is 27.9. The minimum Gasteiger partial charge on any atom is -0.457 e. The number of carbonyl (C=O) groups excluding carboxylic acids is 2. The van der Waals surface area contributed by atoms with Gasteiger partial charge in [0.1, 0.15) is 5.60 Å². The van der Waals surface area contributed by atoms with E-state index in [0.717, 1.165) is 51.0 Å². The van der Waals surface area contributed by atoms with Crippen LogP contribution in [0.4, 0.5) is 5.69 Å². The third-order valence-electron chi connectivity index (χ3n) is 9.57. The van der Waals surface area contributed by atoms with E-state index >= 15 is 0 Å². The minimum absolute atomic E-state index is 0.00344. The summed E-state index contributed by atoms with van der Waals surface area (Å²) in [5.41, 5.74) is 4.51. The Morgan fingerprint density at radius 2 is 1.52 bits per heavy atom. The SMILES string of the molecule is CC(=O)C1=C(CCCCN2CCC(c3ccccc3)(c3ccccc3)CC2)NC(C)=C(C(=O)OC(C)(C)C)C1c1cccc([N+](=O)[O-])c1. The fraction of sp³-hybridized carbons (Fsp3) is 0.400. The van der Waals surface area contributed by atoms with E-state index in [1.807, 2.05) is 0 Å². The number of hydrogen-bond acceptors (Lipinski definition) is 7. The minimum atomic E-state index is -0.778. The first kappa shape index (κ1) is 34.8. The zero-order valence-electron chi connectivity index (χ0n) is 28.8. The zero-order valence-corrected chi connectivity index (χ0v) is 28.8. The van der Waals surface area contributed by atoms with Crippen molar-refractivity contribution in [2.45, 2.75) is 83.7 Å². The molecule has 48 heavy (non-hydrogen) atoms. The number of benzene rings is 3. The number of Topliss-reactive ketones (excluding diaryl/α,β-unsaturated/α-hetero) is 1. The third-order valence-corrected chi connectivity index (χ3v) is 9.57. The number of ketones is 1. The van der Waals surface area contributed by atoms with E-state index in [1.54, 1.807) is 39.8 Å². The highest BCUT2D eigenvalue weighted by molar-refractivity contribution is 6.02. The number of unbranched alkanes of at least 4 members (excludes halogenated alkanes) is 1. The number of piperidine rings is 1. The number of nitro benzene ring substituents is 1. The van der Waals surface area contributed by atoms with Gasteiger partial charge in [-0.3, -0.25) is 14.9 Å². The summed E-state index contributed by atoms with van der Waals surface area (Å²) in [7, 11) is 0. The van der Waals surface area contributed by atoms with Crippen LogP contribution in [-0.4, -0.2) is 46.8 Å². The van der Waals surface area contributed by atoms with Crippen LogP contribution < -0.4 is 5.32 Å². The molecular formula is C40H47N3O5.